The van der Waals surface area contributed by atoms with Gasteiger partial charge in [0.15, 0.2) is 0 Å². The normalized spacial score (nSPS) is 11.9. The molecule has 0 aliphatic heterocycles. The number of nitrogens with one attached hydrogen (secondary N) is 1. The highest BCUT2D eigenvalue weighted by molar-refractivity contribution is 7.98. The molecule has 0 aliphatic rings. The van der Waals surface area contributed by atoms with Crippen LogP contribution in [0.25, 0.3) is 0 Å². The van der Waals surface area contributed by atoms with Crippen molar-refractivity contribution in [2.75, 3.05) is 12.0 Å². The van der Waals surface area contributed by atoms with E-state index in [0.29, 0.717) is 12.2 Å². The van der Waals surface area contributed by atoms with Gasteiger partial charge in [-0.15, -0.1) is 0 Å². The molecule has 5 heteroatoms. The summed E-state index contributed by atoms with van der Waals surface area (Å²) < 4.78 is 0. The van der Waals surface area contributed by atoms with Crippen LogP contribution in [-0.2, 0) is 9.59 Å². The maximum Gasteiger partial charge on any atom is 0.326 e. The summed E-state index contributed by atoms with van der Waals surface area (Å²) in [5.74, 6) is -1.14. The fourth-order valence-corrected chi connectivity index (χ4v) is 3.01. The maximum absolute atomic E-state index is 12.8. The minimum Gasteiger partial charge on any atom is -0.480 e. The lowest BCUT2D eigenvalue weighted by Gasteiger charge is -2.21. The zero-order valence-electron chi connectivity index (χ0n) is 13.5. The zero-order valence-corrected chi connectivity index (χ0v) is 14.3. The standard InChI is InChI=1S/C19H21NO3S/c1-24-13-12-16(19(22)23)20-18(21)17(14-8-4-2-5-9-14)15-10-6-3-7-11-15/h2-11,16-17H,12-13H2,1H3,(H,20,21)(H,22,23)/t16-/m0/s1. The van der Waals surface area contributed by atoms with Crippen LogP contribution in [0.4, 0.5) is 0 Å². The molecule has 1 atom stereocenters. The van der Waals surface area contributed by atoms with E-state index in [1.807, 2.05) is 66.9 Å². The minimum atomic E-state index is -1.00. The van der Waals surface area contributed by atoms with Gasteiger partial charge in [0.05, 0.1) is 5.92 Å². The number of aliphatic carboxylic acids is 1. The summed E-state index contributed by atoms with van der Waals surface area (Å²) in [6.07, 6.45) is 2.32. The van der Waals surface area contributed by atoms with Gasteiger partial charge >= 0.3 is 5.97 Å². The fraction of sp³-hybridized carbons (Fsp3) is 0.263. The Morgan fingerprint density at radius 2 is 1.50 bits per heavy atom. The number of benzene rings is 2. The Bertz CT molecular complexity index is 621. The van der Waals surface area contributed by atoms with Crippen molar-refractivity contribution in [1.82, 2.24) is 5.32 Å². The van der Waals surface area contributed by atoms with E-state index >= 15 is 0 Å². The number of thioether (sulfide) groups is 1. The summed E-state index contributed by atoms with van der Waals surface area (Å²) in [6.45, 7) is 0. The lowest BCUT2D eigenvalue weighted by Crippen LogP contribution is -2.43. The average Bonchev–Trinajstić information content (AvgIpc) is 2.60. The van der Waals surface area contributed by atoms with Crippen LogP contribution in [0.1, 0.15) is 23.5 Å². The molecule has 126 valence electrons. The van der Waals surface area contributed by atoms with Crippen LogP contribution in [0, 0.1) is 0 Å². The molecule has 2 rings (SSSR count). The van der Waals surface area contributed by atoms with Gasteiger partial charge in [0.1, 0.15) is 6.04 Å². The van der Waals surface area contributed by atoms with Gasteiger partial charge in [-0.1, -0.05) is 60.7 Å². The maximum atomic E-state index is 12.8. The number of carboxylic acids is 1. The lowest BCUT2D eigenvalue weighted by atomic mass is 9.90. The molecule has 0 heterocycles. The Hall–Kier alpha value is -2.27. The molecule has 0 saturated carbocycles. The van der Waals surface area contributed by atoms with Crippen LogP contribution in [0.2, 0.25) is 0 Å². The number of carbonyl (C=O) groups is 2. The molecule has 0 radical (unpaired) electrons. The molecule has 0 aromatic heterocycles. The minimum absolute atomic E-state index is 0.291. The number of hydrogen-bond acceptors (Lipinski definition) is 3. The monoisotopic (exact) mass is 343 g/mol. The second kappa shape index (κ2) is 9.13. The smallest absolute Gasteiger partial charge is 0.326 e. The van der Waals surface area contributed by atoms with Crippen molar-refractivity contribution in [1.29, 1.82) is 0 Å². The van der Waals surface area contributed by atoms with Crippen LogP contribution in [0.5, 0.6) is 0 Å². The molecule has 0 aliphatic carbocycles. The Balaban J connectivity index is 2.26. The molecule has 24 heavy (non-hydrogen) atoms. The Kier molecular flexibility index (Phi) is 6.88. The van der Waals surface area contributed by atoms with E-state index < -0.39 is 17.9 Å². The third-order valence-electron chi connectivity index (χ3n) is 3.75. The fourth-order valence-electron chi connectivity index (χ4n) is 2.53. The Labute approximate surface area is 146 Å². The highest BCUT2D eigenvalue weighted by Gasteiger charge is 2.27. The van der Waals surface area contributed by atoms with E-state index in [1.165, 1.54) is 0 Å². The highest BCUT2D eigenvalue weighted by Crippen LogP contribution is 2.25. The lowest BCUT2D eigenvalue weighted by molar-refractivity contribution is -0.141. The first kappa shape index (κ1) is 18.1. The van der Waals surface area contributed by atoms with Gasteiger partial charge in [0.25, 0.3) is 0 Å². The van der Waals surface area contributed by atoms with Crippen molar-refractivity contribution in [3.8, 4) is 0 Å². The quantitative estimate of drug-likeness (QED) is 0.773. The molecule has 0 spiro atoms. The van der Waals surface area contributed by atoms with Crippen molar-refractivity contribution in [3.63, 3.8) is 0 Å². The van der Waals surface area contributed by atoms with E-state index in [-0.39, 0.29) is 5.91 Å². The number of hydrogen-bond donors (Lipinski definition) is 2. The van der Waals surface area contributed by atoms with Gasteiger partial charge in [-0.05, 0) is 29.6 Å². The first-order valence-electron chi connectivity index (χ1n) is 7.75. The van der Waals surface area contributed by atoms with Gasteiger partial charge in [-0.3, -0.25) is 4.79 Å². The number of carbonyl (C=O) groups excluding carboxylic acids is 1. The van der Waals surface area contributed by atoms with E-state index in [9.17, 15) is 14.7 Å². The Morgan fingerprint density at radius 3 is 1.92 bits per heavy atom. The second-order valence-electron chi connectivity index (χ2n) is 5.44. The summed E-state index contributed by atoms with van der Waals surface area (Å²) in [4.78, 5) is 24.3. The summed E-state index contributed by atoms with van der Waals surface area (Å²) in [6, 6.07) is 17.9. The summed E-state index contributed by atoms with van der Waals surface area (Å²) >= 11 is 1.56. The molecule has 0 unspecified atom stereocenters. The van der Waals surface area contributed by atoms with Crippen LogP contribution in [-0.4, -0.2) is 35.0 Å². The molecule has 0 saturated heterocycles. The molecule has 1 amide bonds. The molecule has 0 fully saturated rings. The zero-order chi connectivity index (χ0) is 17.4. The number of rotatable bonds is 8. The van der Waals surface area contributed by atoms with E-state index in [0.717, 1.165) is 11.1 Å². The van der Waals surface area contributed by atoms with Crippen LogP contribution >= 0.6 is 11.8 Å². The molecule has 2 aromatic rings. The molecule has 2 aromatic carbocycles. The van der Waals surface area contributed by atoms with Crippen LogP contribution < -0.4 is 5.32 Å². The van der Waals surface area contributed by atoms with Crippen molar-refractivity contribution in [2.24, 2.45) is 0 Å². The first-order valence-corrected chi connectivity index (χ1v) is 9.15. The van der Waals surface area contributed by atoms with Gasteiger partial charge in [0.2, 0.25) is 5.91 Å². The third-order valence-corrected chi connectivity index (χ3v) is 4.40. The summed E-state index contributed by atoms with van der Waals surface area (Å²) in [5, 5.41) is 12.0. The van der Waals surface area contributed by atoms with Crippen molar-refractivity contribution < 1.29 is 14.7 Å². The van der Waals surface area contributed by atoms with Crippen molar-refractivity contribution in [3.05, 3.63) is 71.8 Å². The SMILES string of the molecule is CSCC[C@H](NC(=O)C(c1ccccc1)c1ccccc1)C(=O)O. The van der Waals surface area contributed by atoms with Gasteiger partial charge in [-0.2, -0.15) is 11.8 Å². The Morgan fingerprint density at radius 1 is 1.00 bits per heavy atom. The van der Waals surface area contributed by atoms with E-state index in [2.05, 4.69) is 5.32 Å². The second-order valence-corrected chi connectivity index (χ2v) is 6.42. The molecule has 0 bridgehead atoms. The number of amides is 1. The predicted molar refractivity (Wildman–Crippen MR) is 97.3 cm³/mol. The predicted octanol–water partition coefficient (Wildman–Crippen LogP) is 3.14. The van der Waals surface area contributed by atoms with Gasteiger partial charge in [-0.25, -0.2) is 4.79 Å². The molecular formula is C19H21NO3S. The van der Waals surface area contributed by atoms with E-state index in [1.54, 1.807) is 11.8 Å². The molecule has 2 N–H and O–H groups in total. The molecule has 4 nitrogen and oxygen atoms in total. The third kappa shape index (κ3) is 4.86. The first-order chi connectivity index (χ1) is 11.6. The largest absolute Gasteiger partial charge is 0.480 e. The van der Waals surface area contributed by atoms with Crippen LogP contribution in [0.3, 0.4) is 0 Å². The summed E-state index contributed by atoms with van der Waals surface area (Å²) in [5.41, 5.74) is 1.69. The average molecular weight is 343 g/mol. The van der Waals surface area contributed by atoms with Gasteiger partial charge in [0, 0.05) is 0 Å². The topological polar surface area (TPSA) is 66.4 Å². The van der Waals surface area contributed by atoms with Crippen molar-refractivity contribution in [2.45, 2.75) is 18.4 Å². The van der Waals surface area contributed by atoms with Crippen molar-refractivity contribution >= 4 is 23.6 Å². The summed E-state index contributed by atoms with van der Waals surface area (Å²) in [7, 11) is 0. The highest BCUT2D eigenvalue weighted by atomic mass is 32.2. The van der Waals surface area contributed by atoms with E-state index in [4.69, 9.17) is 0 Å². The van der Waals surface area contributed by atoms with Gasteiger partial charge < -0.3 is 10.4 Å². The van der Waals surface area contributed by atoms with Crippen LogP contribution in [0.15, 0.2) is 60.7 Å². The number of carboxylic acid groups (broad SMARTS) is 1. The molecular weight excluding hydrogens is 322 g/mol.